The third kappa shape index (κ3) is 5.21. The van der Waals surface area contributed by atoms with E-state index in [-0.39, 0.29) is 12.4 Å². The second-order valence-corrected chi connectivity index (χ2v) is 8.00. The summed E-state index contributed by atoms with van der Waals surface area (Å²) in [5.74, 6) is 2.06. The molecule has 1 saturated heterocycles. The van der Waals surface area contributed by atoms with Gasteiger partial charge in [-0.05, 0) is 57.5 Å². The van der Waals surface area contributed by atoms with Crippen LogP contribution in [0.25, 0.3) is 0 Å². The van der Waals surface area contributed by atoms with E-state index in [0.29, 0.717) is 17.1 Å². The van der Waals surface area contributed by atoms with Gasteiger partial charge in [0, 0.05) is 0 Å². The van der Waals surface area contributed by atoms with Crippen molar-refractivity contribution in [3.63, 3.8) is 0 Å². The number of nitrogens with zero attached hydrogens (tertiary/aromatic N) is 3. The van der Waals surface area contributed by atoms with Crippen molar-refractivity contribution in [1.82, 2.24) is 15.0 Å². The normalized spacial score (nSPS) is 21.3. The monoisotopic (exact) mass is 330 g/mol. The van der Waals surface area contributed by atoms with Gasteiger partial charge in [-0.3, -0.25) is 4.90 Å². The van der Waals surface area contributed by atoms with E-state index in [1.165, 1.54) is 19.3 Å². The predicted octanol–water partition coefficient (Wildman–Crippen LogP) is 3.33. The molecule has 1 atom stereocenters. The summed E-state index contributed by atoms with van der Waals surface area (Å²) in [5, 5.41) is 3.99. The number of aromatic nitrogens is 2. The van der Waals surface area contributed by atoms with Gasteiger partial charge in [0.15, 0.2) is 5.82 Å². The van der Waals surface area contributed by atoms with E-state index < -0.39 is 5.54 Å². The number of likely N-dealkylation sites (tertiary alicyclic amines) is 1. The molecule has 0 aliphatic carbocycles. The Morgan fingerprint density at radius 3 is 2.41 bits per heavy atom. The first-order valence-corrected chi connectivity index (χ1v) is 8.00. The quantitative estimate of drug-likeness (QED) is 0.920. The van der Waals surface area contributed by atoms with Gasteiger partial charge in [0.05, 0.1) is 12.1 Å². The van der Waals surface area contributed by atoms with Crippen LogP contribution in [0.15, 0.2) is 4.52 Å². The van der Waals surface area contributed by atoms with Crippen molar-refractivity contribution in [1.29, 1.82) is 0 Å². The second-order valence-electron chi connectivity index (χ2n) is 8.00. The number of hydrogen-bond acceptors (Lipinski definition) is 5. The van der Waals surface area contributed by atoms with Crippen LogP contribution in [0.2, 0.25) is 0 Å². The lowest BCUT2D eigenvalue weighted by Crippen LogP contribution is -2.30. The molecule has 2 N–H and O–H groups in total. The molecular formula is C16H31ClN4O. The van der Waals surface area contributed by atoms with E-state index >= 15 is 0 Å². The van der Waals surface area contributed by atoms with Gasteiger partial charge >= 0.3 is 0 Å². The molecule has 2 heterocycles. The third-order valence-electron chi connectivity index (χ3n) is 4.45. The van der Waals surface area contributed by atoms with Crippen LogP contribution in [0, 0.1) is 11.3 Å². The average Bonchev–Trinajstić information content (AvgIpc) is 2.66. The van der Waals surface area contributed by atoms with Crippen molar-refractivity contribution in [3.8, 4) is 0 Å². The van der Waals surface area contributed by atoms with Gasteiger partial charge in [0.1, 0.15) is 0 Å². The standard InChI is InChI=1S/C16H30N4O.ClH/c1-15(2,3)12-7-6-9-20(10-8-12)11-13-18-14(19-21-13)16(4,5)17;/h12H,6-11,17H2,1-5H3;1H. The van der Waals surface area contributed by atoms with Crippen molar-refractivity contribution >= 4 is 12.4 Å². The van der Waals surface area contributed by atoms with Gasteiger partial charge < -0.3 is 10.3 Å². The van der Waals surface area contributed by atoms with E-state index in [0.717, 1.165) is 25.6 Å². The molecule has 1 unspecified atom stereocenters. The molecule has 0 aromatic carbocycles. The molecule has 128 valence electrons. The van der Waals surface area contributed by atoms with Crippen LogP contribution in [-0.2, 0) is 12.1 Å². The topological polar surface area (TPSA) is 68.2 Å². The minimum absolute atomic E-state index is 0. The molecular weight excluding hydrogens is 300 g/mol. The summed E-state index contributed by atoms with van der Waals surface area (Å²) in [4.78, 5) is 6.85. The first-order valence-electron chi connectivity index (χ1n) is 8.00. The molecule has 1 aliphatic heterocycles. The van der Waals surface area contributed by atoms with Gasteiger partial charge in [-0.15, -0.1) is 12.4 Å². The van der Waals surface area contributed by atoms with E-state index in [1.807, 2.05) is 13.8 Å². The SMILES string of the molecule is CC(C)(N)c1noc(CN2CCCC(C(C)(C)C)CC2)n1.Cl. The van der Waals surface area contributed by atoms with E-state index in [4.69, 9.17) is 10.3 Å². The van der Waals surface area contributed by atoms with Crippen molar-refractivity contribution in [2.45, 2.75) is 66.0 Å². The summed E-state index contributed by atoms with van der Waals surface area (Å²) in [7, 11) is 0. The number of rotatable bonds is 3. The van der Waals surface area contributed by atoms with Crippen LogP contribution in [0.1, 0.15) is 65.6 Å². The summed E-state index contributed by atoms with van der Waals surface area (Å²) in [6, 6.07) is 0. The summed E-state index contributed by atoms with van der Waals surface area (Å²) < 4.78 is 5.35. The lowest BCUT2D eigenvalue weighted by atomic mass is 9.77. The Kier molecular flexibility index (Phi) is 6.42. The van der Waals surface area contributed by atoms with Gasteiger partial charge in [-0.1, -0.05) is 25.9 Å². The fourth-order valence-corrected chi connectivity index (χ4v) is 2.95. The summed E-state index contributed by atoms with van der Waals surface area (Å²) in [5.41, 5.74) is 5.85. The highest BCUT2D eigenvalue weighted by Crippen LogP contribution is 2.34. The van der Waals surface area contributed by atoms with E-state index in [2.05, 4.69) is 35.8 Å². The molecule has 22 heavy (non-hydrogen) atoms. The highest BCUT2D eigenvalue weighted by Gasteiger charge is 2.28. The van der Waals surface area contributed by atoms with Crippen LogP contribution in [0.3, 0.4) is 0 Å². The predicted molar refractivity (Wildman–Crippen MR) is 90.8 cm³/mol. The molecule has 0 saturated carbocycles. The van der Waals surface area contributed by atoms with Crippen molar-refractivity contribution in [2.75, 3.05) is 13.1 Å². The van der Waals surface area contributed by atoms with Crippen molar-refractivity contribution in [3.05, 3.63) is 11.7 Å². The molecule has 1 fully saturated rings. The Morgan fingerprint density at radius 2 is 1.86 bits per heavy atom. The summed E-state index contributed by atoms with van der Waals surface area (Å²) in [6.45, 7) is 13.8. The molecule has 5 nitrogen and oxygen atoms in total. The number of nitrogens with two attached hydrogens (primary N) is 1. The second kappa shape index (κ2) is 7.28. The van der Waals surface area contributed by atoms with Gasteiger partial charge in [0.2, 0.25) is 5.89 Å². The Balaban J connectivity index is 0.00000242. The molecule has 2 rings (SSSR count). The third-order valence-corrected chi connectivity index (χ3v) is 4.45. The Bertz CT molecular complexity index is 461. The van der Waals surface area contributed by atoms with E-state index in [9.17, 15) is 0 Å². The molecule has 1 aromatic heterocycles. The zero-order valence-electron chi connectivity index (χ0n) is 14.6. The smallest absolute Gasteiger partial charge is 0.240 e. The zero-order chi connectivity index (χ0) is 15.7. The van der Waals surface area contributed by atoms with Gasteiger partial charge in [0.25, 0.3) is 0 Å². The average molecular weight is 331 g/mol. The summed E-state index contributed by atoms with van der Waals surface area (Å²) in [6.07, 6.45) is 3.79. The van der Waals surface area contributed by atoms with Crippen LogP contribution < -0.4 is 5.73 Å². The Hall–Kier alpha value is -0.650. The lowest BCUT2D eigenvalue weighted by Gasteiger charge is -2.29. The maximum Gasteiger partial charge on any atom is 0.240 e. The van der Waals surface area contributed by atoms with Crippen LogP contribution >= 0.6 is 12.4 Å². The molecule has 0 bridgehead atoms. The Labute approximate surface area is 140 Å². The molecule has 1 aliphatic rings. The largest absolute Gasteiger partial charge is 0.338 e. The highest BCUT2D eigenvalue weighted by molar-refractivity contribution is 5.85. The first-order chi connectivity index (χ1) is 9.66. The molecule has 0 amide bonds. The van der Waals surface area contributed by atoms with E-state index in [1.54, 1.807) is 0 Å². The summed E-state index contributed by atoms with van der Waals surface area (Å²) >= 11 is 0. The van der Waals surface area contributed by atoms with Gasteiger partial charge in [-0.25, -0.2) is 0 Å². The lowest BCUT2D eigenvalue weighted by molar-refractivity contribution is 0.198. The fourth-order valence-electron chi connectivity index (χ4n) is 2.95. The maximum atomic E-state index is 6.00. The fraction of sp³-hybridized carbons (Fsp3) is 0.875. The number of halogens is 1. The molecule has 0 spiro atoms. The maximum absolute atomic E-state index is 6.00. The van der Waals surface area contributed by atoms with Crippen LogP contribution in [0.4, 0.5) is 0 Å². The van der Waals surface area contributed by atoms with Crippen LogP contribution in [0.5, 0.6) is 0 Å². The first kappa shape index (κ1) is 19.4. The minimum atomic E-state index is -0.544. The zero-order valence-corrected chi connectivity index (χ0v) is 15.4. The number of hydrogen-bond donors (Lipinski definition) is 1. The molecule has 6 heteroatoms. The van der Waals surface area contributed by atoms with Gasteiger partial charge in [-0.2, -0.15) is 4.98 Å². The minimum Gasteiger partial charge on any atom is -0.338 e. The van der Waals surface area contributed by atoms with Crippen molar-refractivity contribution < 1.29 is 4.52 Å². The van der Waals surface area contributed by atoms with Crippen molar-refractivity contribution in [2.24, 2.45) is 17.1 Å². The Morgan fingerprint density at radius 1 is 1.18 bits per heavy atom. The highest BCUT2D eigenvalue weighted by atomic mass is 35.5. The van der Waals surface area contributed by atoms with Crippen LogP contribution in [-0.4, -0.2) is 28.1 Å². The molecule has 0 radical (unpaired) electrons. The molecule has 1 aromatic rings.